The molecule has 0 bridgehead atoms. The first-order chi connectivity index (χ1) is 25.1. The minimum atomic E-state index is -0.540. The number of aromatic nitrogens is 1. The van der Waals surface area contributed by atoms with Gasteiger partial charge in [0.2, 0.25) is 0 Å². The number of carbonyl (C=O) groups excluding carboxylic acids is 1. The number of thiazole rings is 1. The molecule has 52 heavy (non-hydrogen) atoms. The predicted octanol–water partition coefficient (Wildman–Crippen LogP) is 12.0. The third-order valence-electron chi connectivity index (χ3n) is 9.77. The highest BCUT2D eigenvalue weighted by Gasteiger charge is 2.34. The first-order valence-electron chi connectivity index (χ1n) is 19.3. The summed E-state index contributed by atoms with van der Waals surface area (Å²) in [6.07, 6.45) is 21.8. The Kier molecular flexibility index (Phi) is 18.0. The van der Waals surface area contributed by atoms with E-state index in [-0.39, 0.29) is 21.2 Å². The summed E-state index contributed by atoms with van der Waals surface area (Å²) in [5.74, 6) is -0.391. The number of thiocarbonyl (C=S) groups is 1. The van der Waals surface area contributed by atoms with Gasteiger partial charge in [0, 0.05) is 22.8 Å². The van der Waals surface area contributed by atoms with Crippen molar-refractivity contribution in [1.82, 2.24) is 9.47 Å². The van der Waals surface area contributed by atoms with E-state index in [9.17, 15) is 9.59 Å². The van der Waals surface area contributed by atoms with Gasteiger partial charge in [-0.2, -0.15) is 0 Å². The van der Waals surface area contributed by atoms with Crippen LogP contribution in [0.5, 0.6) is 0 Å². The van der Waals surface area contributed by atoms with E-state index in [1.165, 1.54) is 80.2 Å². The summed E-state index contributed by atoms with van der Waals surface area (Å²) in [5, 5.41) is 0. The molecule has 4 nitrogen and oxygen atoms in total. The third-order valence-corrected chi connectivity index (χ3v) is 14.4. The zero-order chi connectivity index (χ0) is 37.6. The van der Waals surface area contributed by atoms with E-state index < -0.39 is 11.6 Å². The average molecular weight is 807 g/mol. The van der Waals surface area contributed by atoms with Crippen LogP contribution >= 0.6 is 58.0 Å². The molecule has 1 aliphatic heterocycles. The number of thioether (sulfide) groups is 1. The molecule has 0 spiro atoms. The Morgan fingerprint density at radius 3 is 1.75 bits per heavy atom. The molecule has 2 atom stereocenters. The molecule has 0 radical (unpaired) electrons. The van der Waals surface area contributed by atoms with Crippen molar-refractivity contribution in [3.05, 3.63) is 58.0 Å². The molecule has 1 aliphatic rings. The fraction of sp³-hybridized carbons (Fsp3) is 0.585. The van der Waals surface area contributed by atoms with Crippen LogP contribution in [0, 0.1) is 23.5 Å². The molecule has 4 heterocycles. The fourth-order valence-corrected chi connectivity index (χ4v) is 11.2. The maximum atomic E-state index is 15.4. The summed E-state index contributed by atoms with van der Waals surface area (Å²) in [6, 6.07) is 2.72. The maximum Gasteiger partial charge on any atom is 0.269 e. The largest absolute Gasteiger partial charge is 0.299 e. The predicted molar refractivity (Wildman–Crippen MR) is 228 cm³/mol. The van der Waals surface area contributed by atoms with Crippen LogP contribution in [0.1, 0.15) is 140 Å². The normalized spacial score (nSPS) is 15.8. The van der Waals surface area contributed by atoms with E-state index >= 15 is 8.78 Å². The highest BCUT2D eigenvalue weighted by Crippen LogP contribution is 2.41. The van der Waals surface area contributed by atoms with Crippen molar-refractivity contribution in [3.63, 3.8) is 0 Å². The minimum Gasteiger partial charge on any atom is -0.299 e. The van der Waals surface area contributed by atoms with Gasteiger partial charge in [0.15, 0.2) is 0 Å². The fourth-order valence-electron chi connectivity index (χ4n) is 6.76. The van der Waals surface area contributed by atoms with Gasteiger partial charge in [0.1, 0.15) is 16.0 Å². The van der Waals surface area contributed by atoms with Crippen LogP contribution in [-0.2, 0) is 11.3 Å². The molecule has 11 heteroatoms. The molecule has 3 aromatic heterocycles. The lowest BCUT2D eigenvalue weighted by atomic mass is 9.94. The smallest absolute Gasteiger partial charge is 0.269 e. The monoisotopic (exact) mass is 806 g/mol. The second kappa shape index (κ2) is 21.8. The summed E-state index contributed by atoms with van der Waals surface area (Å²) < 4.78 is 34.3. The molecule has 0 aliphatic carbocycles. The van der Waals surface area contributed by atoms with Crippen LogP contribution in [0.15, 0.2) is 21.8 Å². The Bertz CT molecular complexity index is 1820. The molecular weight excluding hydrogens is 751 g/mol. The molecule has 1 fully saturated rings. The number of amides is 1. The molecule has 3 aromatic rings. The van der Waals surface area contributed by atoms with Gasteiger partial charge in [-0.1, -0.05) is 135 Å². The van der Waals surface area contributed by atoms with Crippen molar-refractivity contribution in [2.45, 2.75) is 137 Å². The van der Waals surface area contributed by atoms with E-state index in [0.29, 0.717) is 53.1 Å². The van der Waals surface area contributed by atoms with Crippen LogP contribution in [0.4, 0.5) is 8.78 Å². The van der Waals surface area contributed by atoms with E-state index in [1.54, 1.807) is 21.6 Å². The molecule has 0 N–H and O–H groups in total. The topological polar surface area (TPSA) is 42.3 Å². The lowest BCUT2D eigenvalue weighted by Crippen LogP contribution is -2.33. The Hall–Kier alpha value is -1.92. The summed E-state index contributed by atoms with van der Waals surface area (Å²) in [6.45, 7) is 14.2. The highest BCUT2D eigenvalue weighted by atomic mass is 32.2. The second-order valence-electron chi connectivity index (χ2n) is 14.1. The van der Waals surface area contributed by atoms with Gasteiger partial charge in [0.25, 0.3) is 11.5 Å². The number of nitrogens with zero attached hydrogens (tertiary/aromatic N) is 2. The van der Waals surface area contributed by atoms with E-state index in [4.69, 9.17) is 12.2 Å². The van der Waals surface area contributed by atoms with Crippen LogP contribution in [0.25, 0.3) is 28.5 Å². The molecule has 286 valence electrons. The van der Waals surface area contributed by atoms with Gasteiger partial charge in [-0.15, -0.1) is 34.0 Å². The van der Waals surface area contributed by atoms with Crippen molar-refractivity contribution < 1.29 is 13.6 Å². The number of rotatable bonds is 23. The van der Waals surface area contributed by atoms with Crippen molar-refractivity contribution in [3.8, 4) is 9.75 Å². The van der Waals surface area contributed by atoms with Gasteiger partial charge in [0.05, 0.1) is 23.9 Å². The van der Waals surface area contributed by atoms with E-state index in [2.05, 4.69) is 34.3 Å². The number of unbranched alkanes of at least 4 members (excludes halogenated alkanes) is 8. The van der Waals surface area contributed by atoms with Crippen molar-refractivity contribution in [2.24, 2.45) is 11.8 Å². The number of carbonyl (C=O) groups is 1. The van der Waals surface area contributed by atoms with Crippen molar-refractivity contribution >= 4 is 86.9 Å². The van der Waals surface area contributed by atoms with Gasteiger partial charge in [-0.05, 0) is 61.8 Å². The van der Waals surface area contributed by atoms with Gasteiger partial charge >= 0.3 is 0 Å². The Balaban J connectivity index is 1.50. The summed E-state index contributed by atoms with van der Waals surface area (Å²) in [5.41, 5.74) is -0.101. The zero-order valence-corrected chi connectivity index (χ0v) is 35.5. The molecule has 1 amide bonds. The van der Waals surface area contributed by atoms with Crippen LogP contribution in [-0.4, -0.2) is 26.2 Å². The summed E-state index contributed by atoms with van der Waals surface area (Å²) in [7, 11) is 0. The zero-order valence-electron chi connectivity index (χ0n) is 31.4. The van der Waals surface area contributed by atoms with E-state index in [1.807, 2.05) is 0 Å². The van der Waals surface area contributed by atoms with Crippen LogP contribution in [0.3, 0.4) is 0 Å². The summed E-state index contributed by atoms with van der Waals surface area (Å²) in [4.78, 5) is 30.6. The third kappa shape index (κ3) is 12.0. The van der Waals surface area contributed by atoms with Gasteiger partial charge < -0.3 is 0 Å². The van der Waals surface area contributed by atoms with Crippen molar-refractivity contribution in [1.29, 1.82) is 0 Å². The Morgan fingerprint density at radius 1 is 0.712 bits per heavy atom. The standard InChI is InChI=1S/C41H56F2N2O2S5/c1-6-10-14-16-20-29(18-12-8-3)26-44-28(5)49-35(39(44)46)24-31-22-33(42)37(50-31)38-34(43)23-32(51-38)25-36-40(47)45(41(48)52-36)27-30(19-13-9-4)21-17-15-11-7-2/h22-25,29-30H,5-21,26-27H2,1-4H3/b35-24-,36-25-. The molecule has 2 unspecified atom stereocenters. The number of thiophene rings is 2. The maximum absolute atomic E-state index is 15.4. The molecule has 4 rings (SSSR count). The van der Waals surface area contributed by atoms with Crippen LogP contribution < -0.4 is 14.8 Å². The molecule has 1 saturated heterocycles. The lowest BCUT2D eigenvalue weighted by molar-refractivity contribution is -0.122. The Labute approximate surface area is 331 Å². The quantitative estimate of drug-likeness (QED) is 0.0544. The van der Waals surface area contributed by atoms with Gasteiger partial charge in [-0.25, -0.2) is 8.78 Å². The Morgan fingerprint density at radius 2 is 1.21 bits per heavy atom. The molecule has 0 aromatic carbocycles. The number of halogens is 2. The van der Waals surface area contributed by atoms with E-state index in [0.717, 1.165) is 80.5 Å². The number of hydrogen-bond acceptors (Lipinski definition) is 7. The first kappa shape index (κ1) is 42.8. The number of hydrogen-bond donors (Lipinski definition) is 0. The average Bonchev–Trinajstić information content (AvgIpc) is 3.82. The lowest BCUT2D eigenvalue weighted by Gasteiger charge is -2.23. The highest BCUT2D eigenvalue weighted by molar-refractivity contribution is 8.26. The first-order valence-corrected chi connectivity index (χ1v) is 23.0. The molecule has 0 saturated carbocycles. The summed E-state index contributed by atoms with van der Waals surface area (Å²) >= 11 is 10.4. The van der Waals surface area contributed by atoms with Crippen molar-refractivity contribution in [2.75, 3.05) is 6.54 Å². The second-order valence-corrected chi connectivity index (χ2v) is 19.0. The minimum absolute atomic E-state index is 0.101. The van der Waals surface area contributed by atoms with Gasteiger partial charge in [-0.3, -0.25) is 19.1 Å². The van der Waals surface area contributed by atoms with Crippen LogP contribution in [0.2, 0.25) is 0 Å². The SMILES string of the molecule is C=c1s/c(=C\c2cc(F)c(-c3sc(/C=C4\SC(=S)N(CC(CCCC)CCCCCC)C4=O)cc3F)s2)c(=O)n1CC(CCCC)CCCCCC. The molecular formula is C41H56F2N2O2S5.